The van der Waals surface area contributed by atoms with Crippen LogP contribution in [0.3, 0.4) is 0 Å². The molecule has 0 fully saturated rings. The average Bonchev–Trinajstić information content (AvgIpc) is 2.69. The van der Waals surface area contributed by atoms with Gasteiger partial charge in [0.25, 0.3) is 0 Å². The highest BCUT2D eigenvalue weighted by Gasteiger charge is 2.40. The molecule has 1 aromatic heterocycles. The van der Waals surface area contributed by atoms with Gasteiger partial charge in [0.05, 0.1) is 0 Å². The third kappa shape index (κ3) is 2.64. The Morgan fingerprint density at radius 1 is 1.59 bits per heavy atom. The highest BCUT2D eigenvalue weighted by molar-refractivity contribution is 7.10. The number of β-amino-alcohol motifs (C(OH)–C–C–N with tert-alkyl or cyclic N) is 1. The lowest BCUT2D eigenvalue weighted by molar-refractivity contribution is -0.209. The zero-order valence-electron chi connectivity index (χ0n) is 9.37. The highest BCUT2D eigenvalue weighted by atomic mass is 32.1. The molecule has 0 amide bonds. The van der Waals surface area contributed by atoms with Gasteiger partial charge in [0.2, 0.25) is 0 Å². The summed E-state index contributed by atoms with van der Waals surface area (Å²) in [5.41, 5.74) is 1.09. The molecule has 2 heterocycles. The molecule has 0 bridgehead atoms. The maximum Gasteiger partial charge on any atom is 0.415 e. The van der Waals surface area contributed by atoms with E-state index >= 15 is 0 Å². The van der Waals surface area contributed by atoms with Crippen molar-refractivity contribution in [2.24, 2.45) is 0 Å². The van der Waals surface area contributed by atoms with Gasteiger partial charge in [0.15, 0.2) is 6.10 Å². The van der Waals surface area contributed by atoms with Gasteiger partial charge in [0.1, 0.15) is 0 Å². The summed E-state index contributed by atoms with van der Waals surface area (Å²) >= 11 is 1.64. The molecule has 1 aromatic rings. The van der Waals surface area contributed by atoms with Crippen molar-refractivity contribution in [2.45, 2.75) is 31.7 Å². The van der Waals surface area contributed by atoms with Gasteiger partial charge in [0, 0.05) is 24.0 Å². The second-order valence-corrected chi connectivity index (χ2v) is 5.28. The first kappa shape index (κ1) is 12.9. The summed E-state index contributed by atoms with van der Waals surface area (Å²) in [6, 6.07) is 1.90. The molecule has 1 aliphatic heterocycles. The van der Waals surface area contributed by atoms with Crippen LogP contribution in [0.25, 0.3) is 0 Å². The van der Waals surface area contributed by atoms with Crippen molar-refractivity contribution in [1.82, 2.24) is 4.90 Å². The van der Waals surface area contributed by atoms with E-state index in [1.165, 1.54) is 4.88 Å². The van der Waals surface area contributed by atoms with Crippen LogP contribution in [0, 0.1) is 0 Å². The largest absolute Gasteiger partial charge is 0.415 e. The molecule has 1 N–H and O–H groups in total. The lowest BCUT2D eigenvalue weighted by atomic mass is 10.0. The van der Waals surface area contributed by atoms with E-state index in [9.17, 15) is 13.2 Å². The molecule has 1 aliphatic rings. The van der Waals surface area contributed by atoms with E-state index < -0.39 is 12.3 Å². The minimum atomic E-state index is -4.53. The summed E-state index contributed by atoms with van der Waals surface area (Å²) in [6.45, 7) is 2.11. The van der Waals surface area contributed by atoms with Crippen molar-refractivity contribution in [3.05, 3.63) is 21.9 Å². The Morgan fingerprint density at radius 3 is 2.94 bits per heavy atom. The van der Waals surface area contributed by atoms with Crippen molar-refractivity contribution in [1.29, 1.82) is 0 Å². The predicted molar refractivity (Wildman–Crippen MR) is 60.1 cm³/mol. The Labute approximate surface area is 102 Å². The van der Waals surface area contributed by atoms with Crippen molar-refractivity contribution in [3.8, 4) is 0 Å². The molecule has 96 valence electrons. The van der Waals surface area contributed by atoms with Crippen molar-refractivity contribution >= 4 is 11.3 Å². The van der Waals surface area contributed by atoms with Crippen LogP contribution in [0.4, 0.5) is 13.2 Å². The van der Waals surface area contributed by atoms with E-state index in [1.54, 1.807) is 16.2 Å². The summed E-state index contributed by atoms with van der Waals surface area (Å²) in [5.74, 6) is 0. The fraction of sp³-hybridized carbons (Fsp3) is 0.636. The standard InChI is InChI=1S/C11H14F3NOS/c1-7-8-3-5-17-9(8)2-4-15(7)6-10(16)11(12,13)14/h3,5,7,10,16H,2,4,6H2,1H3. The summed E-state index contributed by atoms with van der Waals surface area (Å²) in [5, 5.41) is 11.1. The number of nitrogens with zero attached hydrogens (tertiary/aromatic N) is 1. The molecule has 0 radical (unpaired) electrons. The molecule has 0 saturated carbocycles. The SMILES string of the molecule is CC1c2ccsc2CCN1CC(O)C(F)(F)F. The van der Waals surface area contributed by atoms with Crippen molar-refractivity contribution in [3.63, 3.8) is 0 Å². The zero-order valence-corrected chi connectivity index (χ0v) is 10.2. The third-order valence-electron chi connectivity index (χ3n) is 3.19. The number of hydrogen-bond acceptors (Lipinski definition) is 3. The summed E-state index contributed by atoms with van der Waals surface area (Å²) < 4.78 is 36.9. The number of halogens is 3. The Morgan fingerprint density at radius 2 is 2.29 bits per heavy atom. The third-order valence-corrected chi connectivity index (χ3v) is 4.19. The topological polar surface area (TPSA) is 23.5 Å². The fourth-order valence-electron chi connectivity index (χ4n) is 2.14. The van der Waals surface area contributed by atoms with Crippen LogP contribution in [0.1, 0.15) is 23.4 Å². The van der Waals surface area contributed by atoms with Crippen LogP contribution >= 0.6 is 11.3 Å². The quantitative estimate of drug-likeness (QED) is 0.888. The molecule has 17 heavy (non-hydrogen) atoms. The molecule has 0 aromatic carbocycles. The van der Waals surface area contributed by atoms with Crippen LogP contribution in [0.2, 0.25) is 0 Å². The Kier molecular flexibility index (Phi) is 3.47. The first-order valence-corrected chi connectivity index (χ1v) is 6.32. The van der Waals surface area contributed by atoms with Crippen molar-refractivity contribution in [2.75, 3.05) is 13.1 Å². The molecule has 2 nitrogen and oxygen atoms in total. The maximum absolute atomic E-state index is 12.3. The van der Waals surface area contributed by atoms with Gasteiger partial charge in [-0.25, -0.2) is 0 Å². The van der Waals surface area contributed by atoms with Crippen LogP contribution in [-0.2, 0) is 6.42 Å². The molecule has 6 heteroatoms. The number of hydrogen-bond donors (Lipinski definition) is 1. The van der Waals surface area contributed by atoms with Gasteiger partial charge >= 0.3 is 6.18 Å². The molecule has 2 atom stereocenters. The van der Waals surface area contributed by atoms with E-state index in [1.807, 2.05) is 18.4 Å². The molecule has 2 unspecified atom stereocenters. The number of rotatable bonds is 2. The first-order chi connectivity index (χ1) is 7.89. The molecule has 2 rings (SSSR count). The number of fused-ring (bicyclic) bond motifs is 1. The smallest absolute Gasteiger partial charge is 0.382 e. The highest BCUT2D eigenvalue weighted by Crippen LogP contribution is 2.33. The molecule has 0 saturated heterocycles. The number of aliphatic hydroxyl groups excluding tert-OH is 1. The Hall–Kier alpha value is -0.590. The van der Waals surface area contributed by atoms with Gasteiger partial charge in [-0.1, -0.05) is 0 Å². The van der Waals surface area contributed by atoms with E-state index in [0.717, 1.165) is 12.0 Å². The van der Waals surface area contributed by atoms with Gasteiger partial charge in [-0.05, 0) is 30.4 Å². The number of thiophene rings is 1. The van der Waals surface area contributed by atoms with E-state index in [4.69, 9.17) is 5.11 Å². The summed E-state index contributed by atoms with van der Waals surface area (Å²) in [7, 11) is 0. The monoisotopic (exact) mass is 265 g/mol. The van der Waals surface area contributed by atoms with E-state index in [2.05, 4.69) is 0 Å². The molecular formula is C11H14F3NOS. The minimum absolute atomic E-state index is 0.0537. The number of aliphatic hydroxyl groups is 1. The van der Waals surface area contributed by atoms with Crippen LogP contribution in [0.5, 0.6) is 0 Å². The van der Waals surface area contributed by atoms with E-state index in [0.29, 0.717) is 6.54 Å². The second-order valence-electron chi connectivity index (χ2n) is 4.28. The minimum Gasteiger partial charge on any atom is -0.382 e. The Bertz CT molecular complexity index is 390. The predicted octanol–water partition coefficient (Wildman–Crippen LogP) is 2.59. The van der Waals surface area contributed by atoms with Gasteiger partial charge < -0.3 is 5.11 Å². The maximum atomic E-state index is 12.3. The summed E-state index contributed by atoms with van der Waals surface area (Å²) in [4.78, 5) is 2.93. The molecule has 0 spiro atoms. The van der Waals surface area contributed by atoms with Crippen LogP contribution < -0.4 is 0 Å². The van der Waals surface area contributed by atoms with Crippen LogP contribution in [0.15, 0.2) is 11.4 Å². The average molecular weight is 265 g/mol. The lowest BCUT2D eigenvalue weighted by Crippen LogP contribution is -2.44. The molecular weight excluding hydrogens is 251 g/mol. The molecule has 0 aliphatic carbocycles. The summed E-state index contributed by atoms with van der Waals surface area (Å²) in [6.07, 6.45) is -6.03. The lowest BCUT2D eigenvalue weighted by Gasteiger charge is -2.35. The number of alkyl halides is 3. The van der Waals surface area contributed by atoms with Gasteiger partial charge in [-0.2, -0.15) is 13.2 Å². The zero-order chi connectivity index (χ0) is 12.6. The normalized spacial score (nSPS) is 23.5. The van der Waals surface area contributed by atoms with Crippen LogP contribution in [-0.4, -0.2) is 35.4 Å². The first-order valence-electron chi connectivity index (χ1n) is 5.44. The van der Waals surface area contributed by atoms with Gasteiger partial charge in [-0.3, -0.25) is 4.90 Å². The van der Waals surface area contributed by atoms with E-state index in [-0.39, 0.29) is 12.6 Å². The fourth-order valence-corrected chi connectivity index (χ4v) is 3.10. The van der Waals surface area contributed by atoms with Gasteiger partial charge in [-0.15, -0.1) is 11.3 Å². The second kappa shape index (κ2) is 4.59. The van der Waals surface area contributed by atoms with Crippen molar-refractivity contribution < 1.29 is 18.3 Å². The Balaban J connectivity index is 2.06.